The van der Waals surface area contributed by atoms with Crippen LogP contribution in [0.3, 0.4) is 0 Å². The number of aryl methyl sites for hydroxylation is 1. The van der Waals surface area contributed by atoms with E-state index in [2.05, 4.69) is 20.5 Å². The summed E-state index contributed by atoms with van der Waals surface area (Å²) < 4.78 is 0. The Balaban J connectivity index is 2.36. The van der Waals surface area contributed by atoms with Gasteiger partial charge in [0.1, 0.15) is 11.9 Å². The summed E-state index contributed by atoms with van der Waals surface area (Å²) in [6, 6.07) is 4.54. The zero-order valence-corrected chi connectivity index (χ0v) is 9.38. The van der Waals surface area contributed by atoms with Crippen molar-refractivity contribution in [3.63, 3.8) is 0 Å². The fourth-order valence-electron chi connectivity index (χ4n) is 1.53. The molecule has 92 valence electrons. The number of aromatic amines is 1. The lowest BCUT2D eigenvalue weighted by molar-refractivity contribution is -0.385. The second-order valence-electron chi connectivity index (χ2n) is 3.52. The van der Waals surface area contributed by atoms with Crippen LogP contribution in [0.5, 0.6) is 0 Å². The maximum absolute atomic E-state index is 11.9. The first-order valence-electron chi connectivity index (χ1n) is 5.00. The first kappa shape index (κ1) is 11.7. The molecule has 2 N–H and O–H groups in total. The molecule has 0 saturated heterocycles. The summed E-state index contributed by atoms with van der Waals surface area (Å²) in [4.78, 5) is 26.0. The molecule has 0 aliphatic rings. The van der Waals surface area contributed by atoms with Crippen LogP contribution in [0.2, 0.25) is 0 Å². The van der Waals surface area contributed by atoms with Gasteiger partial charge in [-0.25, -0.2) is 5.10 Å². The topological polar surface area (TPSA) is 114 Å². The Morgan fingerprint density at radius 2 is 2.28 bits per heavy atom. The number of benzene rings is 1. The number of nitro groups is 1. The molecule has 1 amide bonds. The molecule has 1 heterocycles. The van der Waals surface area contributed by atoms with Gasteiger partial charge < -0.3 is 0 Å². The number of rotatable bonds is 3. The van der Waals surface area contributed by atoms with E-state index < -0.39 is 10.8 Å². The van der Waals surface area contributed by atoms with E-state index in [1.54, 1.807) is 19.1 Å². The van der Waals surface area contributed by atoms with E-state index in [1.165, 1.54) is 12.4 Å². The van der Waals surface area contributed by atoms with Crippen molar-refractivity contribution < 1.29 is 9.72 Å². The molecule has 8 nitrogen and oxygen atoms in total. The third-order valence-corrected chi connectivity index (χ3v) is 2.31. The van der Waals surface area contributed by atoms with Crippen LogP contribution in [-0.4, -0.2) is 26.0 Å². The number of carbonyl (C=O) groups is 1. The van der Waals surface area contributed by atoms with Crippen LogP contribution in [0, 0.1) is 17.0 Å². The minimum Gasteiger partial charge on any atom is -0.291 e. The highest BCUT2D eigenvalue weighted by Gasteiger charge is 2.22. The number of carbonyl (C=O) groups excluding carboxylic acids is 1. The van der Waals surface area contributed by atoms with Crippen molar-refractivity contribution in [2.75, 3.05) is 5.32 Å². The number of amides is 1. The van der Waals surface area contributed by atoms with Gasteiger partial charge in [-0.3, -0.25) is 20.2 Å². The molecule has 2 aromatic rings. The molecule has 0 unspecified atom stereocenters. The third-order valence-electron chi connectivity index (χ3n) is 2.31. The number of para-hydroxylation sites is 1. The van der Waals surface area contributed by atoms with Gasteiger partial charge in [-0.05, 0) is 13.0 Å². The molecule has 0 spiro atoms. The van der Waals surface area contributed by atoms with Gasteiger partial charge in [0, 0.05) is 5.56 Å². The van der Waals surface area contributed by atoms with Gasteiger partial charge in [0.05, 0.1) is 4.92 Å². The fourth-order valence-corrected chi connectivity index (χ4v) is 1.53. The van der Waals surface area contributed by atoms with Crippen LogP contribution in [-0.2, 0) is 0 Å². The number of nitrogens with zero attached hydrogens (tertiary/aromatic N) is 3. The second-order valence-corrected chi connectivity index (χ2v) is 3.52. The molecule has 18 heavy (non-hydrogen) atoms. The van der Waals surface area contributed by atoms with Crippen molar-refractivity contribution in [2.24, 2.45) is 0 Å². The predicted molar refractivity (Wildman–Crippen MR) is 62.2 cm³/mol. The van der Waals surface area contributed by atoms with Crippen LogP contribution in [0.4, 0.5) is 11.6 Å². The predicted octanol–water partition coefficient (Wildman–Crippen LogP) is 1.27. The monoisotopic (exact) mass is 247 g/mol. The Morgan fingerprint density at radius 1 is 1.50 bits per heavy atom. The number of hydrogen-bond acceptors (Lipinski definition) is 5. The molecule has 0 fully saturated rings. The Labute approximate surface area is 101 Å². The summed E-state index contributed by atoms with van der Waals surface area (Å²) >= 11 is 0. The molecule has 0 saturated carbocycles. The Morgan fingerprint density at radius 3 is 2.89 bits per heavy atom. The molecular weight excluding hydrogens is 238 g/mol. The molecule has 0 bridgehead atoms. The largest absolute Gasteiger partial charge is 0.291 e. The number of anilines is 1. The lowest BCUT2D eigenvalue weighted by Gasteiger charge is -2.04. The maximum atomic E-state index is 11.9. The van der Waals surface area contributed by atoms with E-state index in [9.17, 15) is 14.9 Å². The van der Waals surface area contributed by atoms with Crippen LogP contribution in [0.25, 0.3) is 0 Å². The highest BCUT2D eigenvalue weighted by atomic mass is 16.6. The number of nitro benzene ring substituents is 1. The molecular formula is C10H9N5O3. The number of aromatic nitrogens is 3. The molecule has 0 aliphatic heterocycles. The first-order valence-corrected chi connectivity index (χ1v) is 5.00. The molecule has 1 aromatic heterocycles. The van der Waals surface area contributed by atoms with E-state index in [0.717, 1.165) is 0 Å². The Bertz CT molecular complexity index is 594. The maximum Gasteiger partial charge on any atom is 0.285 e. The van der Waals surface area contributed by atoms with E-state index >= 15 is 0 Å². The first-order chi connectivity index (χ1) is 8.59. The van der Waals surface area contributed by atoms with Gasteiger partial charge in [-0.1, -0.05) is 12.1 Å². The second kappa shape index (κ2) is 4.62. The van der Waals surface area contributed by atoms with E-state index in [1.807, 2.05) is 0 Å². The van der Waals surface area contributed by atoms with Gasteiger partial charge in [0.2, 0.25) is 5.95 Å². The van der Waals surface area contributed by atoms with E-state index in [4.69, 9.17) is 0 Å². The summed E-state index contributed by atoms with van der Waals surface area (Å²) in [7, 11) is 0. The zero-order chi connectivity index (χ0) is 13.1. The molecule has 0 aliphatic carbocycles. The highest BCUT2D eigenvalue weighted by Crippen LogP contribution is 2.23. The van der Waals surface area contributed by atoms with Gasteiger partial charge in [0.15, 0.2) is 0 Å². The fraction of sp³-hybridized carbons (Fsp3) is 0.100. The summed E-state index contributed by atoms with van der Waals surface area (Å²) in [5.41, 5.74) is 0.191. The van der Waals surface area contributed by atoms with Crippen molar-refractivity contribution in [3.8, 4) is 0 Å². The average molecular weight is 247 g/mol. The molecule has 2 rings (SSSR count). The number of H-pyrrole nitrogens is 1. The molecule has 8 heteroatoms. The minimum atomic E-state index is -0.609. The van der Waals surface area contributed by atoms with Crippen molar-refractivity contribution in [3.05, 3.63) is 45.8 Å². The van der Waals surface area contributed by atoms with E-state index in [-0.39, 0.29) is 17.2 Å². The standard InChI is InChI=1S/C10H9N5O3/c1-6-3-2-4-7(8(6)15(17)18)9(16)13-10-11-5-12-14-10/h2-5H,1H3,(H2,11,12,13,14,16). The normalized spacial score (nSPS) is 10.1. The third kappa shape index (κ3) is 2.17. The Hall–Kier alpha value is -2.77. The smallest absolute Gasteiger partial charge is 0.285 e. The van der Waals surface area contributed by atoms with E-state index in [0.29, 0.717) is 5.56 Å². The van der Waals surface area contributed by atoms with Crippen LogP contribution in [0.1, 0.15) is 15.9 Å². The molecule has 0 radical (unpaired) electrons. The summed E-state index contributed by atoms with van der Waals surface area (Å²) in [5.74, 6) is -0.474. The van der Waals surface area contributed by atoms with Gasteiger partial charge in [-0.15, -0.1) is 0 Å². The number of nitrogens with one attached hydrogen (secondary N) is 2. The number of hydrogen-bond donors (Lipinski definition) is 2. The van der Waals surface area contributed by atoms with Gasteiger partial charge >= 0.3 is 0 Å². The summed E-state index contributed by atoms with van der Waals surface area (Å²) in [5, 5.41) is 19.3. The van der Waals surface area contributed by atoms with Crippen LogP contribution >= 0.6 is 0 Å². The van der Waals surface area contributed by atoms with Crippen LogP contribution in [0.15, 0.2) is 24.5 Å². The van der Waals surface area contributed by atoms with Crippen LogP contribution < -0.4 is 5.32 Å². The zero-order valence-electron chi connectivity index (χ0n) is 9.38. The van der Waals surface area contributed by atoms with Gasteiger partial charge in [0.25, 0.3) is 11.6 Å². The average Bonchev–Trinajstić information content (AvgIpc) is 2.80. The van der Waals surface area contributed by atoms with Crippen molar-refractivity contribution in [1.29, 1.82) is 0 Å². The highest BCUT2D eigenvalue weighted by molar-refractivity contribution is 6.06. The quantitative estimate of drug-likeness (QED) is 0.626. The Kier molecular flexibility index (Phi) is 3.00. The summed E-state index contributed by atoms with van der Waals surface area (Å²) in [6.07, 6.45) is 1.22. The van der Waals surface area contributed by atoms with Gasteiger partial charge in [-0.2, -0.15) is 10.1 Å². The molecule has 0 atom stereocenters. The summed E-state index contributed by atoms with van der Waals surface area (Å²) in [6.45, 7) is 1.57. The lowest BCUT2D eigenvalue weighted by atomic mass is 10.1. The molecule has 1 aromatic carbocycles. The minimum absolute atomic E-state index is 0.0172. The van der Waals surface area contributed by atoms with Crippen molar-refractivity contribution in [2.45, 2.75) is 6.92 Å². The van der Waals surface area contributed by atoms with Crippen molar-refractivity contribution in [1.82, 2.24) is 15.2 Å². The van der Waals surface area contributed by atoms with Crippen molar-refractivity contribution >= 4 is 17.5 Å². The lowest BCUT2D eigenvalue weighted by Crippen LogP contribution is -2.15. The SMILES string of the molecule is Cc1cccc(C(=O)Nc2ncn[nH]2)c1[N+](=O)[O-].